The molecule has 0 spiro atoms. The Bertz CT molecular complexity index is 757. The standard InChI is InChI=1S/C13H13BrN6/c14-9-5-19-20(6-9)13(2-3-13)7-16-12-10-1-4-15-11(10)17-8-18-12/h1,4-6,8H,2-3,7H2,(H2,15,16,17,18). The average Bonchev–Trinajstić information content (AvgIpc) is 2.87. The minimum Gasteiger partial charge on any atom is -0.367 e. The molecule has 0 radical (unpaired) electrons. The summed E-state index contributed by atoms with van der Waals surface area (Å²) in [6.07, 6.45) is 9.58. The zero-order valence-electron chi connectivity index (χ0n) is 10.7. The molecule has 0 saturated heterocycles. The minimum absolute atomic E-state index is 0.0829. The van der Waals surface area contributed by atoms with E-state index in [1.165, 1.54) is 0 Å². The number of rotatable bonds is 4. The molecule has 0 amide bonds. The normalized spacial score (nSPS) is 16.4. The smallest absolute Gasteiger partial charge is 0.142 e. The van der Waals surface area contributed by atoms with E-state index in [4.69, 9.17) is 0 Å². The highest BCUT2D eigenvalue weighted by Gasteiger charge is 2.45. The van der Waals surface area contributed by atoms with Gasteiger partial charge in [-0.3, -0.25) is 4.68 Å². The van der Waals surface area contributed by atoms with Gasteiger partial charge in [-0.05, 0) is 34.8 Å². The third-order valence-electron chi connectivity index (χ3n) is 3.80. The van der Waals surface area contributed by atoms with Gasteiger partial charge in [-0.15, -0.1) is 0 Å². The summed E-state index contributed by atoms with van der Waals surface area (Å²) in [5.74, 6) is 0.869. The first-order valence-corrected chi connectivity index (χ1v) is 7.29. The summed E-state index contributed by atoms with van der Waals surface area (Å²) in [7, 11) is 0. The Hall–Kier alpha value is -1.89. The molecule has 102 valence electrons. The fraction of sp³-hybridized carbons (Fsp3) is 0.308. The summed E-state index contributed by atoms with van der Waals surface area (Å²) < 4.78 is 3.05. The lowest BCUT2D eigenvalue weighted by Gasteiger charge is -2.17. The quantitative estimate of drug-likeness (QED) is 0.770. The largest absolute Gasteiger partial charge is 0.367 e. The monoisotopic (exact) mass is 332 g/mol. The van der Waals surface area contributed by atoms with E-state index in [1.54, 1.807) is 6.33 Å². The first-order chi connectivity index (χ1) is 9.77. The van der Waals surface area contributed by atoms with Crippen LogP contribution in [0.4, 0.5) is 5.82 Å². The van der Waals surface area contributed by atoms with E-state index in [1.807, 2.05) is 29.3 Å². The second kappa shape index (κ2) is 4.31. The maximum atomic E-state index is 4.41. The molecule has 2 N–H and O–H groups in total. The maximum absolute atomic E-state index is 4.41. The molecule has 1 saturated carbocycles. The van der Waals surface area contributed by atoms with E-state index in [0.29, 0.717) is 0 Å². The maximum Gasteiger partial charge on any atom is 0.142 e. The van der Waals surface area contributed by atoms with Crippen molar-refractivity contribution in [3.05, 3.63) is 35.5 Å². The molecule has 0 aromatic carbocycles. The number of nitrogens with one attached hydrogen (secondary N) is 2. The molecular weight excluding hydrogens is 320 g/mol. The van der Waals surface area contributed by atoms with Crippen LogP contribution < -0.4 is 5.32 Å². The Morgan fingerprint density at radius 3 is 3.05 bits per heavy atom. The van der Waals surface area contributed by atoms with Crippen LogP contribution in [0.1, 0.15) is 12.8 Å². The predicted molar refractivity (Wildman–Crippen MR) is 79.5 cm³/mol. The van der Waals surface area contributed by atoms with Crippen molar-refractivity contribution in [1.29, 1.82) is 0 Å². The van der Waals surface area contributed by atoms with E-state index in [0.717, 1.165) is 40.7 Å². The Labute approximate surface area is 123 Å². The highest BCUT2D eigenvalue weighted by molar-refractivity contribution is 9.10. The molecule has 3 aromatic rings. The van der Waals surface area contributed by atoms with Gasteiger partial charge in [0.05, 0.1) is 21.6 Å². The molecule has 1 aliphatic rings. The van der Waals surface area contributed by atoms with Gasteiger partial charge >= 0.3 is 0 Å². The van der Waals surface area contributed by atoms with Crippen LogP contribution in [0.2, 0.25) is 0 Å². The zero-order valence-corrected chi connectivity index (χ0v) is 12.3. The predicted octanol–water partition coefficient (Wildman–Crippen LogP) is 2.52. The SMILES string of the molecule is Brc1cnn(C2(CNc3ncnc4[nH]ccc34)CC2)c1. The van der Waals surface area contributed by atoms with E-state index in [2.05, 4.69) is 41.3 Å². The summed E-state index contributed by atoms with van der Waals surface area (Å²) in [5.41, 5.74) is 0.939. The van der Waals surface area contributed by atoms with E-state index in [9.17, 15) is 0 Å². The molecule has 0 aliphatic heterocycles. The van der Waals surface area contributed by atoms with E-state index in [-0.39, 0.29) is 5.54 Å². The fourth-order valence-electron chi connectivity index (χ4n) is 2.45. The number of nitrogens with zero attached hydrogens (tertiary/aromatic N) is 4. The number of fused-ring (bicyclic) bond motifs is 1. The van der Waals surface area contributed by atoms with E-state index < -0.39 is 0 Å². The highest BCUT2D eigenvalue weighted by atomic mass is 79.9. The second-order valence-corrected chi connectivity index (χ2v) is 6.06. The van der Waals surface area contributed by atoms with Crippen molar-refractivity contribution < 1.29 is 0 Å². The summed E-state index contributed by atoms with van der Waals surface area (Å²) in [4.78, 5) is 11.6. The third-order valence-corrected chi connectivity index (χ3v) is 4.21. The van der Waals surface area contributed by atoms with Crippen LogP contribution in [0.5, 0.6) is 0 Å². The topological polar surface area (TPSA) is 71.4 Å². The van der Waals surface area contributed by atoms with Crippen molar-refractivity contribution in [1.82, 2.24) is 24.7 Å². The van der Waals surface area contributed by atoms with Gasteiger partial charge in [0.25, 0.3) is 0 Å². The van der Waals surface area contributed by atoms with Crippen molar-refractivity contribution in [2.24, 2.45) is 0 Å². The van der Waals surface area contributed by atoms with Gasteiger partial charge in [0.2, 0.25) is 0 Å². The number of aromatic amines is 1. The fourth-order valence-corrected chi connectivity index (χ4v) is 2.74. The lowest BCUT2D eigenvalue weighted by molar-refractivity contribution is 0.452. The van der Waals surface area contributed by atoms with Gasteiger partial charge < -0.3 is 10.3 Å². The molecule has 6 nitrogen and oxygen atoms in total. The van der Waals surface area contributed by atoms with Crippen LogP contribution in [0.25, 0.3) is 11.0 Å². The van der Waals surface area contributed by atoms with E-state index >= 15 is 0 Å². The average molecular weight is 333 g/mol. The van der Waals surface area contributed by atoms with Crippen LogP contribution >= 0.6 is 15.9 Å². The van der Waals surface area contributed by atoms with Gasteiger partial charge in [-0.25, -0.2) is 9.97 Å². The van der Waals surface area contributed by atoms with Gasteiger partial charge in [0.15, 0.2) is 0 Å². The first kappa shape index (κ1) is 11.9. The molecule has 0 unspecified atom stereocenters. The lowest BCUT2D eigenvalue weighted by atomic mass is 10.2. The summed E-state index contributed by atoms with van der Waals surface area (Å²) >= 11 is 3.45. The molecule has 4 rings (SSSR count). The Morgan fingerprint density at radius 2 is 2.30 bits per heavy atom. The number of halogens is 1. The molecule has 0 bridgehead atoms. The Kier molecular flexibility index (Phi) is 2.56. The second-order valence-electron chi connectivity index (χ2n) is 5.14. The van der Waals surface area contributed by atoms with Crippen molar-refractivity contribution in [3.63, 3.8) is 0 Å². The molecule has 1 aliphatic carbocycles. The van der Waals surface area contributed by atoms with Gasteiger partial charge in [0.1, 0.15) is 17.8 Å². The Balaban J connectivity index is 1.57. The first-order valence-electron chi connectivity index (χ1n) is 6.49. The number of aromatic nitrogens is 5. The van der Waals surface area contributed by atoms with Crippen LogP contribution in [-0.2, 0) is 5.54 Å². The Morgan fingerprint density at radius 1 is 1.40 bits per heavy atom. The molecule has 1 fully saturated rings. The van der Waals surface area contributed by atoms with Crippen LogP contribution in [0.15, 0.2) is 35.5 Å². The molecule has 0 atom stereocenters. The summed E-state index contributed by atoms with van der Waals surface area (Å²) in [5, 5.41) is 8.86. The summed E-state index contributed by atoms with van der Waals surface area (Å²) in [6.45, 7) is 0.818. The molecule has 7 heteroatoms. The van der Waals surface area contributed by atoms with Crippen molar-refractivity contribution in [2.75, 3.05) is 11.9 Å². The van der Waals surface area contributed by atoms with Crippen LogP contribution in [0.3, 0.4) is 0 Å². The molecule has 3 aromatic heterocycles. The van der Waals surface area contributed by atoms with Gasteiger partial charge in [-0.1, -0.05) is 0 Å². The molecule has 3 heterocycles. The van der Waals surface area contributed by atoms with Gasteiger partial charge in [-0.2, -0.15) is 5.10 Å². The zero-order chi connectivity index (χ0) is 13.6. The molecule has 20 heavy (non-hydrogen) atoms. The van der Waals surface area contributed by atoms with Gasteiger partial charge in [0, 0.05) is 18.9 Å². The van der Waals surface area contributed by atoms with Crippen LogP contribution in [0, 0.1) is 0 Å². The lowest BCUT2D eigenvalue weighted by Crippen LogP contribution is -2.27. The number of H-pyrrole nitrogens is 1. The van der Waals surface area contributed by atoms with Crippen LogP contribution in [-0.4, -0.2) is 31.3 Å². The van der Waals surface area contributed by atoms with Crippen molar-refractivity contribution in [3.8, 4) is 0 Å². The minimum atomic E-state index is 0.0829. The van der Waals surface area contributed by atoms with Crippen molar-refractivity contribution in [2.45, 2.75) is 18.4 Å². The third kappa shape index (κ3) is 1.89. The summed E-state index contributed by atoms with van der Waals surface area (Å²) in [6, 6.07) is 1.99. The number of anilines is 1. The number of hydrogen-bond donors (Lipinski definition) is 2. The number of hydrogen-bond acceptors (Lipinski definition) is 4. The molecular formula is C13H13BrN6. The highest BCUT2D eigenvalue weighted by Crippen LogP contribution is 2.43. The van der Waals surface area contributed by atoms with Crippen molar-refractivity contribution >= 4 is 32.8 Å².